The fourth-order valence-electron chi connectivity index (χ4n) is 1.36. The van der Waals surface area contributed by atoms with Gasteiger partial charge in [0.1, 0.15) is 16.6 Å². The molecule has 1 atom stereocenters. The summed E-state index contributed by atoms with van der Waals surface area (Å²) in [5.41, 5.74) is 5.64. The van der Waals surface area contributed by atoms with Crippen molar-refractivity contribution in [2.75, 3.05) is 0 Å². The lowest BCUT2D eigenvalue weighted by Gasteiger charge is -2.01. The highest BCUT2D eigenvalue weighted by molar-refractivity contribution is 7.14. The lowest BCUT2D eigenvalue weighted by molar-refractivity contribution is 0.589. The maximum absolute atomic E-state index is 13.5. The maximum atomic E-state index is 13.5. The predicted octanol–water partition coefficient (Wildman–Crippen LogP) is 2.89. The molecule has 0 fully saturated rings. The molecule has 0 spiro atoms. The van der Waals surface area contributed by atoms with Crippen molar-refractivity contribution >= 4 is 11.3 Å². The van der Waals surface area contributed by atoms with Crippen LogP contribution in [0.3, 0.4) is 0 Å². The minimum absolute atomic E-state index is 0.139. The third-order valence-corrected chi connectivity index (χ3v) is 3.45. The zero-order chi connectivity index (χ0) is 12.4. The highest BCUT2D eigenvalue weighted by Gasteiger charge is 2.17. The van der Waals surface area contributed by atoms with Crippen molar-refractivity contribution in [1.82, 2.24) is 10.2 Å². The summed E-state index contributed by atoms with van der Waals surface area (Å²) in [7, 11) is 0. The fraction of sp³-hybridized carbons (Fsp3) is 0.273. The van der Waals surface area contributed by atoms with Gasteiger partial charge in [-0.05, 0) is 18.6 Å². The molecule has 1 unspecified atom stereocenters. The van der Waals surface area contributed by atoms with Gasteiger partial charge >= 0.3 is 0 Å². The van der Waals surface area contributed by atoms with Crippen LogP contribution in [0.2, 0.25) is 0 Å². The van der Waals surface area contributed by atoms with E-state index < -0.39 is 11.6 Å². The van der Waals surface area contributed by atoms with Gasteiger partial charge in [-0.15, -0.1) is 10.2 Å². The first-order valence-corrected chi connectivity index (χ1v) is 5.98. The van der Waals surface area contributed by atoms with Gasteiger partial charge in [-0.1, -0.05) is 24.3 Å². The Kier molecular flexibility index (Phi) is 3.44. The molecule has 0 bridgehead atoms. The Balaban J connectivity index is 2.44. The predicted molar refractivity (Wildman–Crippen MR) is 62.5 cm³/mol. The number of nitrogens with zero attached hydrogens (tertiary/aromatic N) is 2. The van der Waals surface area contributed by atoms with E-state index in [2.05, 4.69) is 10.2 Å². The van der Waals surface area contributed by atoms with Gasteiger partial charge in [0.25, 0.3) is 0 Å². The van der Waals surface area contributed by atoms with Gasteiger partial charge in [0.05, 0.1) is 11.6 Å². The molecule has 0 amide bonds. The Morgan fingerprint density at radius 1 is 1.29 bits per heavy atom. The van der Waals surface area contributed by atoms with Crippen LogP contribution in [0.5, 0.6) is 0 Å². The van der Waals surface area contributed by atoms with Gasteiger partial charge in [0.15, 0.2) is 5.01 Å². The Bertz CT molecular complexity index is 507. The largest absolute Gasteiger partial charge is 0.322 e. The van der Waals surface area contributed by atoms with Gasteiger partial charge in [0, 0.05) is 0 Å². The lowest BCUT2D eigenvalue weighted by atomic mass is 10.2. The number of halogens is 2. The van der Waals surface area contributed by atoms with Crippen LogP contribution in [-0.4, -0.2) is 10.2 Å². The Morgan fingerprint density at radius 2 is 1.94 bits per heavy atom. The number of hydrogen-bond acceptors (Lipinski definition) is 4. The third kappa shape index (κ3) is 2.32. The highest BCUT2D eigenvalue weighted by atomic mass is 32.1. The van der Waals surface area contributed by atoms with Crippen molar-refractivity contribution in [2.24, 2.45) is 5.73 Å². The zero-order valence-corrected chi connectivity index (χ0v) is 9.97. The van der Waals surface area contributed by atoms with E-state index in [4.69, 9.17) is 5.73 Å². The second-order valence-corrected chi connectivity index (χ2v) is 4.57. The Hall–Kier alpha value is -1.40. The third-order valence-electron chi connectivity index (χ3n) is 2.37. The first kappa shape index (κ1) is 12.1. The van der Waals surface area contributed by atoms with Crippen LogP contribution in [0, 0.1) is 11.6 Å². The number of benzene rings is 1. The van der Waals surface area contributed by atoms with Crippen LogP contribution in [0.4, 0.5) is 8.78 Å². The van der Waals surface area contributed by atoms with E-state index >= 15 is 0 Å². The van der Waals surface area contributed by atoms with Gasteiger partial charge in [0.2, 0.25) is 0 Å². The molecule has 0 saturated heterocycles. The highest BCUT2D eigenvalue weighted by Crippen LogP contribution is 2.30. The van der Waals surface area contributed by atoms with E-state index in [1.807, 2.05) is 6.92 Å². The van der Waals surface area contributed by atoms with Crippen LogP contribution in [0.15, 0.2) is 18.2 Å². The summed E-state index contributed by atoms with van der Waals surface area (Å²) in [6.45, 7) is 1.91. The van der Waals surface area contributed by atoms with Crippen LogP contribution in [-0.2, 0) is 0 Å². The molecule has 0 radical (unpaired) electrons. The molecule has 1 aromatic heterocycles. The Morgan fingerprint density at radius 3 is 2.53 bits per heavy atom. The maximum Gasteiger partial charge on any atom is 0.153 e. The van der Waals surface area contributed by atoms with E-state index in [1.54, 1.807) is 0 Å². The molecule has 1 heterocycles. The van der Waals surface area contributed by atoms with Crippen LogP contribution in [0.25, 0.3) is 10.6 Å². The molecule has 2 aromatic rings. The molecule has 0 aliphatic heterocycles. The average molecular weight is 255 g/mol. The smallest absolute Gasteiger partial charge is 0.153 e. The van der Waals surface area contributed by atoms with E-state index in [0.29, 0.717) is 11.4 Å². The standard InChI is InChI=1S/C11H11F2N3S/c1-2-8(14)10-15-16-11(17-10)9-6(12)4-3-5-7(9)13/h3-5,8H,2,14H2,1H3. The summed E-state index contributed by atoms with van der Waals surface area (Å²) in [5, 5.41) is 8.45. The molecule has 17 heavy (non-hydrogen) atoms. The van der Waals surface area contributed by atoms with Crippen molar-refractivity contribution in [3.05, 3.63) is 34.8 Å². The zero-order valence-electron chi connectivity index (χ0n) is 9.15. The van der Waals surface area contributed by atoms with Gasteiger partial charge in [-0.25, -0.2) is 8.78 Å². The Labute approximate surface area is 101 Å². The summed E-state index contributed by atoms with van der Waals surface area (Å²) in [6, 6.07) is 3.46. The number of rotatable bonds is 3. The summed E-state index contributed by atoms with van der Waals surface area (Å²) in [6.07, 6.45) is 0.703. The van der Waals surface area contributed by atoms with E-state index in [1.165, 1.54) is 18.2 Å². The van der Waals surface area contributed by atoms with Gasteiger partial charge in [-0.3, -0.25) is 0 Å². The molecule has 0 aliphatic rings. The molecule has 6 heteroatoms. The monoisotopic (exact) mass is 255 g/mol. The van der Waals surface area contributed by atoms with Crippen molar-refractivity contribution in [3.8, 4) is 10.6 Å². The molecule has 90 valence electrons. The van der Waals surface area contributed by atoms with E-state index in [-0.39, 0.29) is 16.6 Å². The normalized spacial score (nSPS) is 12.7. The molecule has 1 aromatic carbocycles. The topological polar surface area (TPSA) is 51.8 Å². The van der Waals surface area contributed by atoms with Gasteiger partial charge in [-0.2, -0.15) is 0 Å². The SMILES string of the molecule is CCC(N)c1nnc(-c2c(F)cccc2F)s1. The quantitative estimate of drug-likeness (QED) is 0.917. The summed E-state index contributed by atoms with van der Waals surface area (Å²) < 4.78 is 27.0. The molecule has 2 N–H and O–H groups in total. The minimum atomic E-state index is -0.641. The summed E-state index contributed by atoms with van der Waals surface area (Å²) >= 11 is 1.12. The number of hydrogen-bond donors (Lipinski definition) is 1. The fourth-order valence-corrected chi connectivity index (χ4v) is 2.34. The molecular formula is C11H11F2N3S. The second kappa shape index (κ2) is 4.85. The molecule has 0 saturated carbocycles. The molecule has 3 nitrogen and oxygen atoms in total. The summed E-state index contributed by atoms with van der Waals surface area (Å²) in [4.78, 5) is 0. The second-order valence-electron chi connectivity index (χ2n) is 3.56. The van der Waals surface area contributed by atoms with E-state index in [9.17, 15) is 8.78 Å². The van der Waals surface area contributed by atoms with E-state index in [0.717, 1.165) is 11.3 Å². The number of nitrogens with two attached hydrogens (primary N) is 1. The van der Waals surface area contributed by atoms with Crippen molar-refractivity contribution < 1.29 is 8.78 Å². The summed E-state index contributed by atoms with van der Waals surface area (Å²) in [5.74, 6) is -1.28. The average Bonchev–Trinajstić information content (AvgIpc) is 2.77. The first-order valence-electron chi connectivity index (χ1n) is 5.16. The number of aromatic nitrogens is 2. The van der Waals surface area contributed by atoms with Gasteiger partial charge < -0.3 is 5.73 Å². The van der Waals surface area contributed by atoms with Crippen molar-refractivity contribution in [2.45, 2.75) is 19.4 Å². The van der Waals surface area contributed by atoms with Crippen LogP contribution < -0.4 is 5.73 Å². The van der Waals surface area contributed by atoms with Crippen LogP contribution >= 0.6 is 11.3 Å². The van der Waals surface area contributed by atoms with Crippen molar-refractivity contribution in [1.29, 1.82) is 0 Å². The molecular weight excluding hydrogens is 244 g/mol. The first-order chi connectivity index (χ1) is 8.13. The van der Waals surface area contributed by atoms with Crippen LogP contribution in [0.1, 0.15) is 24.4 Å². The molecule has 0 aliphatic carbocycles. The lowest BCUT2D eigenvalue weighted by Crippen LogP contribution is -2.07. The molecule has 2 rings (SSSR count). The van der Waals surface area contributed by atoms with Crippen molar-refractivity contribution in [3.63, 3.8) is 0 Å². The minimum Gasteiger partial charge on any atom is -0.322 e.